The quantitative estimate of drug-likeness (QED) is 0.0377. The van der Waals surface area contributed by atoms with Crippen molar-refractivity contribution < 1.29 is 0 Å². The molecule has 308 valence electrons. The molecule has 0 radical (unpaired) electrons. The summed E-state index contributed by atoms with van der Waals surface area (Å²) in [6.07, 6.45) is 30.4. The third-order valence-electron chi connectivity index (χ3n) is 11.4. The summed E-state index contributed by atoms with van der Waals surface area (Å²) in [4.78, 5) is 11.8. The summed E-state index contributed by atoms with van der Waals surface area (Å²) in [6, 6.07) is 33.0. The van der Waals surface area contributed by atoms with Gasteiger partial charge >= 0.3 is 0 Å². The summed E-state index contributed by atoms with van der Waals surface area (Å²) in [7, 11) is 0. The first-order chi connectivity index (χ1) is 28.6. The molecule has 0 saturated heterocycles. The summed E-state index contributed by atoms with van der Waals surface area (Å²) < 4.78 is 0. The molecule has 0 atom stereocenters. The van der Waals surface area contributed by atoms with Crippen molar-refractivity contribution in [1.82, 2.24) is 0 Å². The molecule has 58 heavy (non-hydrogen) atoms. The highest BCUT2D eigenvalue weighted by Gasteiger charge is 2.16. The van der Waals surface area contributed by atoms with Crippen LogP contribution in [-0.4, -0.2) is 0 Å². The minimum absolute atomic E-state index is 1.18. The maximum atomic E-state index is 2.50. The molecular formula is C54H68S4. The summed E-state index contributed by atoms with van der Waals surface area (Å²) in [5, 5.41) is 0. The molecule has 0 bridgehead atoms. The second-order valence-electron chi connectivity index (χ2n) is 16.3. The molecule has 6 rings (SSSR count). The molecule has 4 heterocycles. The maximum absolute atomic E-state index is 2.50. The van der Waals surface area contributed by atoms with Gasteiger partial charge in [-0.2, -0.15) is 0 Å². The van der Waals surface area contributed by atoms with E-state index in [0.717, 1.165) is 0 Å². The van der Waals surface area contributed by atoms with Gasteiger partial charge in [0.1, 0.15) is 0 Å². The van der Waals surface area contributed by atoms with Crippen LogP contribution in [0, 0.1) is 0 Å². The van der Waals surface area contributed by atoms with Crippen LogP contribution in [0.2, 0.25) is 0 Å². The van der Waals surface area contributed by atoms with Crippen molar-refractivity contribution in [3.8, 4) is 40.4 Å². The Morgan fingerprint density at radius 2 is 0.707 bits per heavy atom. The highest BCUT2D eigenvalue weighted by atomic mass is 32.1. The van der Waals surface area contributed by atoms with Crippen LogP contribution in [0.5, 0.6) is 0 Å². The number of thiophene rings is 4. The Hall–Kier alpha value is -3.02. The monoisotopic (exact) mass is 844 g/mol. The average molecular weight is 845 g/mol. The summed E-state index contributed by atoms with van der Waals surface area (Å²) >= 11 is 8.05. The Kier molecular flexibility index (Phi) is 18.6. The first-order valence-corrected chi connectivity index (χ1v) is 26.2. The molecule has 0 saturated carbocycles. The van der Waals surface area contributed by atoms with Crippen LogP contribution in [0.15, 0.2) is 84.9 Å². The first kappa shape index (κ1) is 44.5. The predicted molar refractivity (Wildman–Crippen MR) is 266 cm³/mol. The van der Waals surface area contributed by atoms with Gasteiger partial charge in [0.15, 0.2) is 0 Å². The molecule has 4 aromatic heterocycles. The van der Waals surface area contributed by atoms with Crippen LogP contribution < -0.4 is 0 Å². The summed E-state index contributed by atoms with van der Waals surface area (Å²) in [5.41, 5.74) is 8.22. The first-order valence-electron chi connectivity index (χ1n) is 22.9. The molecular weight excluding hydrogens is 777 g/mol. The summed E-state index contributed by atoms with van der Waals surface area (Å²) in [6.45, 7) is 9.20. The lowest BCUT2D eigenvalue weighted by atomic mass is 10.0. The fourth-order valence-electron chi connectivity index (χ4n) is 7.85. The van der Waals surface area contributed by atoms with Crippen molar-refractivity contribution in [2.75, 3.05) is 0 Å². The minimum atomic E-state index is 1.18. The SMILES string of the molecule is CCCCCCc1ccc(-c2sc(-c3ccc(C=Cc4ccc(-c5cc(CCCCCC)c(-c6ccc(CCCCCC)s6)s5)cc4)cc3)cc2CCCCCC)s1. The van der Waals surface area contributed by atoms with E-state index in [9.17, 15) is 0 Å². The Labute approximate surface area is 368 Å². The topological polar surface area (TPSA) is 0 Å². The molecule has 6 aromatic rings. The van der Waals surface area contributed by atoms with Gasteiger partial charge in [0, 0.05) is 39.0 Å². The predicted octanol–water partition coefficient (Wildman–Crippen LogP) is 19.3. The fraction of sp³-hybridized carbons (Fsp3) is 0.444. The van der Waals surface area contributed by atoms with Crippen molar-refractivity contribution in [2.45, 2.75) is 156 Å². The van der Waals surface area contributed by atoms with Crippen LogP contribution in [0.3, 0.4) is 0 Å². The highest BCUT2D eigenvalue weighted by molar-refractivity contribution is 7.24. The minimum Gasteiger partial charge on any atom is -0.139 e. The van der Waals surface area contributed by atoms with E-state index in [0.29, 0.717) is 0 Å². The van der Waals surface area contributed by atoms with E-state index in [4.69, 9.17) is 0 Å². The van der Waals surface area contributed by atoms with Crippen LogP contribution in [0.25, 0.3) is 52.5 Å². The molecule has 0 aliphatic rings. The van der Waals surface area contributed by atoms with Crippen LogP contribution >= 0.6 is 45.3 Å². The molecule has 0 unspecified atom stereocenters. The van der Waals surface area contributed by atoms with Crippen molar-refractivity contribution >= 4 is 57.5 Å². The van der Waals surface area contributed by atoms with Crippen LogP contribution in [0.4, 0.5) is 0 Å². The Morgan fingerprint density at radius 3 is 1.07 bits per heavy atom. The molecule has 0 fully saturated rings. The third kappa shape index (κ3) is 13.2. The second kappa shape index (κ2) is 24.3. The smallest absolute Gasteiger partial charge is 0.0481 e. The zero-order chi connectivity index (χ0) is 40.4. The van der Waals surface area contributed by atoms with E-state index >= 15 is 0 Å². The number of hydrogen-bond acceptors (Lipinski definition) is 4. The van der Waals surface area contributed by atoms with Gasteiger partial charge in [-0.1, -0.05) is 165 Å². The van der Waals surface area contributed by atoms with E-state index in [-0.39, 0.29) is 0 Å². The van der Waals surface area contributed by atoms with E-state index in [1.54, 1.807) is 20.9 Å². The van der Waals surface area contributed by atoms with E-state index in [1.165, 1.54) is 180 Å². The Bertz CT molecular complexity index is 1930. The van der Waals surface area contributed by atoms with Crippen LogP contribution in [0.1, 0.15) is 162 Å². The maximum Gasteiger partial charge on any atom is 0.0481 e. The Morgan fingerprint density at radius 1 is 0.345 bits per heavy atom. The molecule has 0 N–H and O–H groups in total. The van der Waals surface area contributed by atoms with Gasteiger partial charge in [-0.15, -0.1) is 45.3 Å². The number of hydrogen-bond donors (Lipinski definition) is 0. The van der Waals surface area contributed by atoms with Gasteiger partial charge < -0.3 is 0 Å². The number of benzene rings is 2. The fourth-order valence-corrected chi connectivity index (χ4v) is 12.7. The zero-order valence-electron chi connectivity index (χ0n) is 36.0. The largest absolute Gasteiger partial charge is 0.139 e. The summed E-state index contributed by atoms with van der Waals surface area (Å²) in [5.74, 6) is 0. The Balaban J connectivity index is 1.12. The van der Waals surface area contributed by atoms with Gasteiger partial charge in [-0.05, 0) is 121 Å². The highest BCUT2D eigenvalue weighted by Crippen LogP contribution is 2.44. The molecule has 0 amide bonds. The third-order valence-corrected chi connectivity index (χ3v) is 16.5. The molecule has 0 nitrogen and oxygen atoms in total. The van der Waals surface area contributed by atoms with Gasteiger partial charge in [-0.25, -0.2) is 0 Å². The number of unbranched alkanes of at least 4 members (excludes halogenated alkanes) is 12. The van der Waals surface area contributed by atoms with Gasteiger partial charge in [-0.3, -0.25) is 0 Å². The van der Waals surface area contributed by atoms with Crippen molar-refractivity contribution in [3.63, 3.8) is 0 Å². The standard InChI is InChI=1S/C54H68S4/c1-5-9-13-17-21-45-39-51(57-53(45)49-37-35-47(55-49)23-19-15-11-7-3)43-31-27-41(28-32-43)25-26-42-29-33-44(34-30-42)52-40-46(22-18-14-10-6-2)54(58-52)50-38-36-48(56-50)24-20-16-12-8-4/h25-40H,5-24H2,1-4H3. The molecule has 0 spiro atoms. The zero-order valence-corrected chi connectivity index (χ0v) is 39.3. The normalized spacial score (nSPS) is 11.7. The lowest BCUT2D eigenvalue weighted by molar-refractivity contribution is 0.668. The van der Waals surface area contributed by atoms with Crippen LogP contribution in [-0.2, 0) is 25.7 Å². The number of aryl methyl sites for hydroxylation is 4. The molecule has 0 aliphatic heterocycles. The van der Waals surface area contributed by atoms with Crippen molar-refractivity contribution in [1.29, 1.82) is 0 Å². The second-order valence-corrected chi connectivity index (χ2v) is 20.7. The van der Waals surface area contributed by atoms with E-state index in [1.807, 2.05) is 45.3 Å². The lowest BCUT2D eigenvalue weighted by Gasteiger charge is -2.02. The molecule has 4 heteroatoms. The molecule has 0 aliphatic carbocycles. The van der Waals surface area contributed by atoms with Gasteiger partial charge in [0.05, 0.1) is 0 Å². The average Bonchev–Trinajstić information content (AvgIpc) is 4.08. The van der Waals surface area contributed by atoms with E-state index in [2.05, 4.69) is 125 Å². The van der Waals surface area contributed by atoms with Crippen molar-refractivity contribution in [2.24, 2.45) is 0 Å². The van der Waals surface area contributed by atoms with E-state index < -0.39 is 0 Å². The lowest BCUT2D eigenvalue weighted by Crippen LogP contribution is -1.85. The molecule has 2 aromatic carbocycles. The van der Waals surface area contributed by atoms with Gasteiger partial charge in [0.25, 0.3) is 0 Å². The van der Waals surface area contributed by atoms with Crippen molar-refractivity contribution in [3.05, 3.63) is 117 Å². The van der Waals surface area contributed by atoms with Gasteiger partial charge in [0.2, 0.25) is 0 Å². The number of rotatable bonds is 26.